The average Bonchev–Trinajstić information content (AvgIpc) is 3.04. The summed E-state index contributed by atoms with van der Waals surface area (Å²) in [7, 11) is 0. The van der Waals surface area contributed by atoms with Crippen LogP contribution in [0.4, 0.5) is 5.69 Å². The summed E-state index contributed by atoms with van der Waals surface area (Å²) in [4.78, 5) is 29.3. The standard InChI is InChI=1S/C23H28N4O3/c1-13-7-9-20(14(2)11-13)25-23(29)18(6)30-22(28)10-8-19-16(4)24-21-12-15(3)26-27(21)17(19)5/h7,9,11-12,18H,8,10H2,1-6H3,(H,25,29)/t18-/m0/s1. The number of nitrogens with one attached hydrogen (secondary N) is 1. The molecule has 0 saturated carbocycles. The van der Waals surface area contributed by atoms with Gasteiger partial charge in [-0.2, -0.15) is 5.10 Å². The van der Waals surface area contributed by atoms with Gasteiger partial charge in [-0.3, -0.25) is 9.59 Å². The number of amides is 1. The number of carbonyl (C=O) groups is 2. The molecule has 0 aliphatic rings. The van der Waals surface area contributed by atoms with E-state index in [9.17, 15) is 9.59 Å². The van der Waals surface area contributed by atoms with Gasteiger partial charge in [-0.25, -0.2) is 9.50 Å². The number of rotatable bonds is 6. The highest BCUT2D eigenvalue weighted by atomic mass is 16.5. The first kappa shape index (κ1) is 21.5. The first-order valence-electron chi connectivity index (χ1n) is 10.1. The number of ether oxygens (including phenoxy) is 1. The van der Waals surface area contributed by atoms with Gasteiger partial charge in [0.1, 0.15) is 0 Å². The van der Waals surface area contributed by atoms with Crippen LogP contribution >= 0.6 is 0 Å². The summed E-state index contributed by atoms with van der Waals surface area (Å²) in [6.07, 6.45) is -0.241. The van der Waals surface area contributed by atoms with Crippen molar-refractivity contribution in [3.8, 4) is 0 Å². The topological polar surface area (TPSA) is 85.6 Å². The monoisotopic (exact) mass is 408 g/mol. The van der Waals surface area contributed by atoms with Crippen molar-refractivity contribution in [2.75, 3.05) is 5.32 Å². The Kier molecular flexibility index (Phi) is 6.20. The highest BCUT2D eigenvalue weighted by Crippen LogP contribution is 2.18. The van der Waals surface area contributed by atoms with Crippen molar-refractivity contribution in [3.05, 3.63) is 58.0 Å². The number of aryl methyl sites for hydroxylation is 5. The number of anilines is 1. The molecule has 1 atom stereocenters. The summed E-state index contributed by atoms with van der Waals surface area (Å²) in [5.41, 5.74) is 7.28. The molecule has 7 heteroatoms. The molecule has 158 valence electrons. The van der Waals surface area contributed by atoms with Gasteiger partial charge in [0.15, 0.2) is 11.8 Å². The van der Waals surface area contributed by atoms with Gasteiger partial charge in [0.25, 0.3) is 5.91 Å². The van der Waals surface area contributed by atoms with E-state index in [2.05, 4.69) is 15.4 Å². The number of benzene rings is 1. The molecule has 2 aromatic heterocycles. The van der Waals surface area contributed by atoms with Crippen LogP contribution in [-0.4, -0.2) is 32.6 Å². The second-order valence-electron chi connectivity index (χ2n) is 7.76. The second-order valence-corrected chi connectivity index (χ2v) is 7.76. The van der Waals surface area contributed by atoms with Gasteiger partial charge in [0, 0.05) is 29.6 Å². The number of hydrogen-bond acceptors (Lipinski definition) is 5. The average molecular weight is 409 g/mol. The summed E-state index contributed by atoms with van der Waals surface area (Å²) < 4.78 is 7.14. The fourth-order valence-electron chi connectivity index (χ4n) is 3.53. The molecule has 0 spiro atoms. The molecular weight excluding hydrogens is 380 g/mol. The fraction of sp³-hybridized carbons (Fsp3) is 0.391. The van der Waals surface area contributed by atoms with Gasteiger partial charge in [-0.05, 0) is 65.2 Å². The van der Waals surface area contributed by atoms with E-state index in [-0.39, 0.29) is 12.3 Å². The molecule has 0 bridgehead atoms. The highest BCUT2D eigenvalue weighted by molar-refractivity contribution is 5.95. The maximum Gasteiger partial charge on any atom is 0.306 e. The molecular formula is C23H28N4O3. The molecule has 2 heterocycles. The third-order valence-electron chi connectivity index (χ3n) is 5.18. The molecule has 0 aliphatic carbocycles. The van der Waals surface area contributed by atoms with Crippen LogP contribution in [0, 0.1) is 34.6 Å². The van der Waals surface area contributed by atoms with Crippen molar-refractivity contribution >= 4 is 23.2 Å². The van der Waals surface area contributed by atoms with Crippen LogP contribution in [0.2, 0.25) is 0 Å². The molecule has 0 aliphatic heterocycles. The van der Waals surface area contributed by atoms with Crippen molar-refractivity contribution in [1.82, 2.24) is 14.6 Å². The van der Waals surface area contributed by atoms with E-state index in [0.717, 1.165) is 39.4 Å². The summed E-state index contributed by atoms with van der Waals surface area (Å²) >= 11 is 0. The van der Waals surface area contributed by atoms with Crippen molar-refractivity contribution in [3.63, 3.8) is 0 Å². The van der Waals surface area contributed by atoms with Crippen molar-refractivity contribution in [2.45, 2.75) is 60.5 Å². The lowest BCUT2D eigenvalue weighted by molar-refractivity contribution is -0.153. The van der Waals surface area contributed by atoms with Gasteiger partial charge in [0.05, 0.1) is 5.69 Å². The first-order chi connectivity index (χ1) is 14.2. The number of carbonyl (C=O) groups excluding carboxylic acids is 2. The van der Waals surface area contributed by atoms with E-state index < -0.39 is 12.1 Å². The van der Waals surface area contributed by atoms with E-state index in [4.69, 9.17) is 4.74 Å². The molecule has 0 fully saturated rings. The van der Waals surface area contributed by atoms with E-state index in [0.29, 0.717) is 12.1 Å². The molecule has 1 amide bonds. The zero-order chi connectivity index (χ0) is 22.0. The van der Waals surface area contributed by atoms with Crippen LogP contribution in [0.1, 0.15) is 47.1 Å². The van der Waals surface area contributed by atoms with Crippen molar-refractivity contribution < 1.29 is 14.3 Å². The quantitative estimate of drug-likeness (QED) is 0.628. The van der Waals surface area contributed by atoms with E-state index in [1.807, 2.05) is 58.9 Å². The van der Waals surface area contributed by atoms with E-state index in [1.54, 1.807) is 11.4 Å². The number of aromatic nitrogens is 3. The minimum atomic E-state index is -0.880. The Morgan fingerprint density at radius 1 is 1.13 bits per heavy atom. The Hall–Kier alpha value is -3.22. The van der Waals surface area contributed by atoms with E-state index in [1.165, 1.54) is 0 Å². The molecule has 7 nitrogen and oxygen atoms in total. The van der Waals surface area contributed by atoms with Crippen molar-refractivity contribution in [1.29, 1.82) is 0 Å². The molecule has 0 saturated heterocycles. The van der Waals surface area contributed by atoms with Crippen LogP contribution in [0.5, 0.6) is 0 Å². The van der Waals surface area contributed by atoms with Gasteiger partial charge < -0.3 is 10.1 Å². The minimum absolute atomic E-state index is 0.163. The number of fused-ring (bicyclic) bond motifs is 1. The predicted molar refractivity (Wildman–Crippen MR) is 116 cm³/mol. The van der Waals surface area contributed by atoms with Gasteiger partial charge in [-0.1, -0.05) is 17.7 Å². The third-order valence-corrected chi connectivity index (χ3v) is 5.18. The Balaban J connectivity index is 1.60. The highest BCUT2D eigenvalue weighted by Gasteiger charge is 2.19. The summed E-state index contributed by atoms with van der Waals surface area (Å²) in [5, 5.41) is 7.27. The molecule has 30 heavy (non-hydrogen) atoms. The summed E-state index contributed by atoms with van der Waals surface area (Å²) in [6, 6.07) is 7.69. The lowest BCUT2D eigenvalue weighted by Gasteiger charge is -2.15. The SMILES string of the molecule is Cc1ccc(NC(=O)[C@H](C)OC(=O)CCc2c(C)nc3cc(C)nn3c2C)c(C)c1. The maximum atomic E-state index is 12.4. The Morgan fingerprint density at radius 3 is 2.57 bits per heavy atom. The first-order valence-corrected chi connectivity index (χ1v) is 10.1. The summed E-state index contributed by atoms with van der Waals surface area (Å²) in [5.74, 6) is -0.772. The lowest BCUT2D eigenvalue weighted by atomic mass is 10.1. The second kappa shape index (κ2) is 8.65. The van der Waals surface area contributed by atoms with Crippen LogP contribution in [-0.2, 0) is 20.7 Å². The van der Waals surface area contributed by atoms with Crippen LogP contribution in [0.3, 0.4) is 0 Å². The van der Waals surface area contributed by atoms with Crippen LogP contribution in [0.25, 0.3) is 5.65 Å². The Bertz CT molecular complexity index is 1120. The number of hydrogen-bond donors (Lipinski definition) is 1. The zero-order valence-electron chi connectivity index (χ0n) is 18.4. The summed E-state index contributed by atoms with van der Waals surface area (Å²) in [6.45, 7) is 11.3. The molecule has 1 aromatic carbocycles. The third kappa shape index (κ3) is 4.67. The van der Waals surface area contributed by atoms with Crippen LogP contribution in [0.15, 0.2) is 24.3 Å². The Labute approximate surface area is 176 Å². The zero-order valence-corrected chi connectivity index (χ0v) is 18.4. The van der Waals surface area contributed by atoms with Crippen molar-refractivity contribution in [2.24, 2.45) is 0 Å². The predicted octanol–water partition coefficient (Wildman–Crippen LogP) is 3.77. The fourth-order valence-corrected chi connectivity index (χ4v) is 3.53. The Morgan fingerprint density at radius 2 is 1.87 bits per heavy atom. The number of nitrogens with zero attached hydrogens (tertiary/aromatic N) is 3. The lowest BCUT2D eigenvalue weighted by Crippen LogP contribution is -2.30. The largest absolute Gasteiger partial charge is 0.453 e. The molecule has 0 unspecified atom stereocenters. The minimum Gasteiger partial charge on any atom is -0.453 e. The normalized spacial score (nSPS) is 12.1. The maximum absolute atomic E-state index is 12.4. The van der Waals surface area contributed by atoms with E-state index >= 15 is 0 Å². The van der Waals surface area contributed by atoms with Gasteiger partial charge >= 0.3 is 5.97 Å². The number of esters is 1. The molecule has 3 aromatic rings. The van der Waals surface area contributed by atoms with Crippen LogP contribution < -0.4 is 5.32 Å². The molecule has 3 rings (SSSR count). The van der Waals surface area contributed by atoms with Gasteiger partial charge in [-0.15, -0.1) is 0 Å². The molecule has 0 radical (unpaired) electrons. The molecule has 1 N–H and O–H groups in total. The smallest absolute Gasteiger partial charge is 0.306 e. The van der Waals surface area contributed by atoms with Gasteiger partial charge in [0.2, 0.25) is 0 Å².